The molecule has 2 bridgehead atoms. The fourth-order valence-corrected chi connectivity index (χ4v) is 10.7. The molecule has 2 saturated heterocycles. The van der Waals surface area contributed by atoms with E-state index in [4.69, 9.17) is 28.4 Å². The quantitative estimate of drug-likeness (QED) is 0.151. The second kappa shape index (κ2) is 28.3. The van der Waals surface area contributed by atoms with Crippen molar-refractivity contribution in [2.45, 2.75) is 187 Å². The number of ketones is 3. The number of methoxy groups -OCH3 is 3. The molecule has 4 rings (SSSR count). The first-order chi connectivity index (χ1) is 34.5. The standard InChI is InChI=1S/C56H87NO16/c1-33-17-13-12-14-18-34(2)45(68-9)29-41-22-20-35(3)51(63)56(67,73-41)53(65)57-24-16-15-19-42(57)52(64)71-46(30-43(60)36(4)26-39(7)49(62)50(70-11)48(61)38(6)25-33)37(5)27-40-21-23-44(47(28-40)69-10)72-54(66)55(8,31-58)32-59/h12-14,17-18,26,33,35,37-42,44-47,49-50,58-59,62,67H,15-16,19-25,27-32H2,1-11H3/t33-,35-,37-,38-,39?,40+,41+,42+,44-,45+,46+,47-,49-,50+,56?/m1/s1. The fraction of sp³-hybridized carbons (Fsp3) is 0.750. The van der Waals surface area contributed by atoms with Crippen LogP contribution in [0.25, 0.3) is 0 Å². The van der Waals surface area contributed by atoms with Gasteiger partial charge in [-0.15, -0.1) is 0 Å². The zero-order valence-corrected chi connectivity index (χ0v) is 45.3. The fourth-order valence-electron chi connectivity index (χ4n) is 10.7. The predicted octanol–water partition coefficient (Wildman–Crippen LogP) is 5.72. The van der Waals surface area contributed by atoms with E-state index in [-0.39, 0.29) is 54.8 Å². The minimum absolute atomic E-state index is 0.00888. The van der Waals surface area contributed by atoms with E-state index >= 15 is 0 Å². The Bertz CT molecular complexity index is 2010. The number of rotatable bonds is 10. The Hall–Kier alpha value is -3.94. The monoisotopic (exact) mass is 1030 g/mol. The second-order valence-electron chi connectivity index (χ2n) is 21.8. The highest BCUT2D eigenvalue weighted by Crippen LogP contribution is 2.37. The van der Waals surface area contributed by atoms with Crippen molar-refractivity contribution in [1.29, 1.82) is 0 Å². The average molecular weight is 1030 g/mol. The van der Waals surface area contributed by atoms with Crippen LogP contribution in [-0.4, -0.2) is 156 Å². The molecule has 3 aliphatic heterocycles. The van der Waals surface area contributed by atoms with Gasteiger partial charge in [0.05, 0.1) is 37.6 Å². The van der Waals surface area contributed by atoms with Crippen LogP contribution in [-0.2, 0) is 57.2 Å². The van der Waals surface area contributed by atoms with Crippen LogP contribution in [0.3, 0.4) is 0 Å². The number of nitrogens with zero attached hydrogens (tertiary/aromatic N) is 1. The first-order valence-electron chi connectivity index (χ1n) is 26.4. The summed E-state index contributed by atoms with van der Waals surface area (Å²) in [4.78, 5) is 85.7. The summed E-state index contributed by atoms with van der Waals surface area (Å²) in [5.74, 6) is -9.38. The zero-order chi connectivity index (χ0) is 54.4. The van der Waals surface area contributed by atoms with Gasteiger partial charge in [0.15, 0.2) is 11.6 Å². The molecule has 73 heavy (non-hydrogen) atoms. The number of ether oxygens (including phenoxy) is 6. The molecule has 0 aromatic heterocycles. The molecule has 0 spiro atoms. The molecule has 1 amide bonds. The first-order valence-corrected chi connectivity index (χ1v) is 26.4. The maximum Gasteiger partial charge on any atom is 0.329 e. The highest BCUT2D eigenvalue weighted by atomic mass is 16.6. The number of cyclic esters (lactones) is 1. The number of hydrogen-bond donors (Lipinski definition) is 4. The lowest BCUT2D eigenvalue weighted by molar-refractivity contribution is -0.231. The largest absolute Gasteiger partial charge is 0.460 e. The van der Waals surface area contributed by atoms with E-state index in [1.54, 1.807) is 40.9 Å². The molecule has 412 valence electrons. The van der Waals surface area contributed by atoms with E-state index in [9.17, 15) is 49.2 Å². The molecule has 3 heterocycles. The van der Waals surface area contributed by atoms with Gasteiger partial charge >= 0.3 is 17.7 Å². The second-order valence-corrected chi connectivity index (χ2v) is 21.8. The number of carbonyl (C=O) groups is 6. The van der Waals surface area contributed by atoms with Gasteiger partial charge in [0, 0.05) is 58.5 Å². The van der Waals surface area contributed by atoms with E-state index in [0.717, 1.165) is 5.57 Å². The van der Waals surface area contributed by atoms with Gasteiger partial charge in [0.2, 0.25) is 5.78 Å². The Morgan fingerprint density at radius 3 is 2.21 bits per heavy atom. The summed E-state index contributed by atoms with van der Waals surface area (Å²) in [7, 11) is 4.42. The van der Waals surface area contributed by atoms with Crippen LogP contribution in [0.4, 0.5) is 0 Å². The normalized spacial score (nSPS) is 35.1. The molecular weight excluding hydrogens is 943 g/mol. The molecule has 0 radical (unpaired) electrons. The van der Waals surface area contributed by atoms with Gasteiger partial charge in [-0.2, -0.15) is 0 Å². The summed E-state index contributed by atoms with van der Waals surface area (Å²) in [5.41, 5.74) is -0.396. The van der Waals surface area contributed by atoms with Crippen LogP contribution in [0.2, 0.25) is 0 Å². The molecule has 0 aromatic carbocycles. The molecule has 1 aliphatic carbocycles. The molecule has 1 saturated carbocycles. The lowest BCUT2D eigenvalue weighted by Crippen LogP contribution is -2.62. The molecule has 17 heteroatoms. The van der Waals surface area contributed by atoms with Crippen molar-refractivity contribution in [3.05, 3.63) is 47.6 Å². The van der Waals surface area contributed by atoms with Gasteiger partial charge in [0.1, 0.15) is 29.8 Å². The number of aliphatic hydroxyl groups is 4. The summed E-state index contributed by atoms with van der Waals surface area (Å²) in [5, 5.41) is 43.3. The lowest BCUT2D eigenvalue weighted by Gasteiger charge is -2.40. The molecule has 4 aliphatic rings. The Labute approximate surface area is 433 Å². The maximum absolute atomic E-state index is 14.8. The summed E-state index contributed by atoms with van der Waals surface area (Å²) >= 11 is 0. The van der Waals surface area contributed by atoms with Crippen LogP contribution < -0.4 is 0 Å². The van der Waals surface area contributed by atoms with Crippen molar-refractivity contribution in [3.8, 4) is 0 Å². The smallest absolute Gasteiger partial charge is 0.329 e. The molecule has 3 fully saturated rings. The van der Waals surface area contributed by atoms with Crippen molar-refractivity contribution in [1.82, 2.24) is 4.90 Å². The van der Waals surface area contributed by atoms with E-state index < -0.39 is 120 Å². The third-order valence-electron chi connectivity index (χ3n) is 15.8. The lowest BCUT2D eigenvalue weighted by atomic mass is 9.78. The predicted molar refractivity (Wildman–Crippen MR) is 271 cm³/mol. The van der Waals surface area contributed by atoms with Crippen LogP contribution in [0, 0.1) is 40.9 Å². The molecule has 15 atom stereocenters. The maximum atomic E-state index is 14.8. The van der Waals surface area contributed by atoms with Crippen LogP contribution in [0.15, 0.2) is 47.6 Å². The van der Waals surface area contributed by atoms with E-state index in [1.165, 1.54) is 26.0 Å². The van der Waals surface area contributed by atoms with Crippen molar-refractivity contribution in [2.24, 2.45) is 40.9 Å². The molecule has 4 N–H and O–H groups in total. The first kappa shape index (κ1) is 61.6. The third-order valence-corrected chi connectivity index (χ3v) is 15.8. The van der Waals surface area contributed by atoms with Gasteiger partial charge in [-0.3, -0.25) is 24.0 Å². The van der Waals surface area contributed by atoms with Crippen LogP contribution in [0.5, 0.6) is 0 Å². The van der Waals surface area contributed by atoms with Crippen LogP contribution >= 0.6 is 0 Å². The summed E-state index contributed by atoms with van der Waals surface area (Å²) in [6.07, 6.45) is 9.27. The van der Waals surface area contributed by atoms with Crippen LogP contribution in [0.1, 0.15) is 132 Å². The Morgan fingerprint density at radius 1 is 0.863 bits per heavy atom. The topological polar surface area (TPSA) is 242 Å². The van der Waals surface area contributed by atoms with Gasteiger partial charge in [-0.25, -0.2) is 4.79 Å². The van der Waals surface area contributed by atoms with Crippen molar-refractivity contribution in [3.63, 3.8) is 0 Å². The van der Waals surface area contributed by atoms with E-state index in [2.05, 4.69) is 0 Å². The summed E-state index contributed by atoms with van der Waals surface area (Å²) in [6.45, 7) is 12.7. The van der Waals surface area contributed by atoms with E-state index in [1.807, 2.05) is 51.2 Å². The number of esters is 2. The van der Waals surface area contributed by atoms with E-state index in [0.29, 0.717) is 57.8 Å². The highest BCUT2D eigenvalue weighted by Gasteiger charge is 2.55. The Kier molecular flexibility index (Phi) is 23.9. The third kappa shape index (κ3) is 16.0. The molecule has 2 unspecified atom stereocenters. The van der Waals surface area contributed by atoms with Gasteiger partial charge in [-0.05, 0) is 114 Å². The number of hydrogen-bond acceptors (Lipinski definition) is 16. The van der Waals surface area contributed by atoms with Gasteiger partial charge in [0.25, 0.3) is 5.91 Å². The minimum Gasteiger partial charge on any atom is -0.460 e. The summed E-state index contributed by atoms with van der Waals surface area (Å²) in [6, 6.07) is -1.22. The average Bonchev–Trinajstić information content (AvgIpc) is 3.48. The number of carbonyl (C=O) groups excluding carboxylic acids is 6. The minimum atomic E-state index is -2.90. The van der Waals surface area contributed by atoms with Crippen molar-refractivity contribution >= 4 is 35.2 Å². The van der Waals surface area contributed by atoms with Gasteiger partial charge < -0.3 is 53.7 Å². The van der Waals surface area contributed by atoms with Crippen molar-refractivity contribution in [2.75, 3.05) is 41.1 Å². The summed E-state index contributed by atoms with van der Waals surface area (Å²) < 4.78 is 35.6. The number of aliphatic hydroxyl groups excluding tert-OH is 3. The Morgan fingerprint density at radius 2 is 1.56 bits per heavy atom. The molecule has 17 nitrogen and oxygen atoms in total. The zero-order valence-electron chi connectivity index (χ0n) is 45.3. The number of piperidine rings is 1. The number of amides is 1. The van der Waals surface area contributed by atoms with Gasteiger partial charge in [-0.1, -0.05) is 71.1 Å². The highest BCUT2D eigenvalue weighted by molar-refractivity contribution is 6.09. The SMILES string of the molecule is CO[C@H]1C[C@@H]2CC[C@@H](C)C(=O)C(O)(O2)C(=O)N2CCCC[C@H]2C(=O)O[C@H]([C@H](C)C[C@@H]2CC[C@@H](OC(=O)C(C)(CO)CO)[C@H](OC)C2)CC(=O)C(C)=CC(C)[C@@H](O)[C@@H](OC)C(=O)[C@H](C)C[C@H](C)C=CC=CC=C1C. The molecular formula is C56H87NO16. The number of fused-ring (bicyclic) bond motifs is 3. The number of Topliss-reactive ketones (excluding diaryl/α,β-unsaturated/α-hetero) is 3. The Balaban J connectivity index is 1.73. The molecule has 0 aromatic rings. The van der Waals surface area contributed by atoms with Crippen molar-refractivity contribution < 1.29 is 77.6 Å². The number of allylic oxidation sites excluding steroid dienone is 6.